The topological polar surface area (TPSA) is 47.7 Å². The lowest BCUT2D eigenvalue weighted by atomic mass is 10.1. The lowest BCUT2D eigenvalue weighted by Gasteiger charge is -2.32. The molecule has 0 saturated carbocycles. The SMILES string of the molecule is COC(C)COc1cccc(N2CCC(N)CC2)c1. The van der Waals surface area contributed by atoms with E-state index in [1.807, 2.05) is 19.1 Å². The summed E-state index contributed by atoms with van der Waals surface area (Å²) >= 11 is 0. The monoisotopic (exact) mass is 264 g/mol. The highest BCUT2D eigenvalue weighted by atomic mass is 16.5. The Morgan fingerprint density at radius 3 is 2.79 bits per heavy atom. The van der Waals surface area contributed by atoms with E-state index < -0.39 is 0 Å². The Balaban J connectivity index is 1.95. The summed E-state index contributed by atoms with van der Waals surface area (Å²) in [6.07, 6.45) is 2.23. The van der Waals surface area contributed by atoms with Crippen molar-refractivity contribution in [2.24, 2.45) is 5.73 Å². The Morgan fingerprint density at radius 2 is 2.11 bits per heavy atom. The Bertz CT molecular complexity index is 389. The molecule has 1 unspecified atom stereocenters. The first-order valence-electron chi connectivity index (χ1n) is 6.95. The number of nitrogens with two attached hydrogens (primary N) is 1. The second-order valence-electron chi connectivity index (χ2n) is 5.18. The molecule has 1 aliphatic heterocycles. The lowest BCUT2D eigenvalue weighted by Crippen LogP contribution is -2.39. The van der Waals surface area contributed by atoms with Crippen LogP contribution in [0, 0.1) is 0 Å². The first-order chi connectivity index (χ1) is 9.19. The highest BCUT2D eigenvalue weighted by Crippen LogP contribution is 2.24. The van der Waals surface area contributed by atoms with E-state index >= 15 is 0 Å². The van der Waals surface area contributed by atoms with Crippen LogP contribution in [0.4, 0.5) is 5.69 Å². The third kappa shape index (κ3) is 4.11. The van der Waals surface area contributed by atoms with Crippen molar-refractivity contribution in [2.75, 3.05) is 31.7 Å². The smallest absolute Gasteiger partial charge is 0.121 e. The van der Waals surface area contributed by atoms with Gasteiger partial charge in [0.05, 0.1) is 6.10 Å². The number of benzene rings is 1. The third-order valence-electron chi connectivity index (χ3n) is 3.61. The minimum absolute atomic E-state index is 0.108. The number of methoxy groups -OCH3 is 1. The van der Waals surface area contributed by atoms with Gasteiger partial charge in [0.2, 0.25) is 0 Å². The molecule has 2 N–H and O–H groups in total. The largest absolute Gasteiger partial charge is 0.491 e. The number of nitrogens with zero attached hydrogens (tertiary/aromatic N) is 1. The fourth-order valence-corrected chi connectivity index (χ4v) is 2.21. The van der Waals surface area contributed by atoms with Crippen molar-refractivity contribution in [3.05, 3.63) is 24.3 Å². The van der Waals surface area contributed by atoms with E-state index in [1.165, 1.54) is 5.69 Å². The summed E-state index contributed by atoms with van der Waals surface area (Å²) in [5, 5.41) is 0. The standard InChI is InChI=1S/C15H24N2O2/c1-12(18-2)11-19-15-5-3-4-14(10-15)17-8-6-13(16)7-9-17/h3-5,10,12-13H,6-9,11,16H2,1-2H3. The van der Waals surface area contributed by atoms with Gasteiger partial charge in [0.15, 0.2) is 0 Å². The van der Waals surface area contributed by atoms with Crippen LogP contribution in [0.15, 0.2) is 24.3 Å². The molecule has 0 aromatic heterocycles. The zero-order valence-corrected chi connectivity index (χ0v) is 11.8. The molecule has 0 aliphatic carbocycles. The van der Waals surface area contributed by atoms with Gasteiger partial charge in [-0.25, -0.2) is 0 Å². The highest BCUT2D eigenvalue weighted by Gasteiger charge is 2.16. The summed E-state index contributed by atoms with van der Waals surface area (Å²) in [6.45, 7) is 4.62. The Morgan fingerprint density at radius 1 is 1.37 bits per heavy atom. The maximum absolute atomic E-state index is 5.94. The normalized spacial score (nSPS) is 18.4. The zero-order valence-electron chi connectivity index (χ0n) is 11.8. The molecule has 1 aromatic carbocycles. The van der Waals surface area contributed by atoms with Gasteiger partial charge < -0.3 is 20.1 Å². The number of rotatable bonds is 5. The predicted octanol–water partition coefficient (Wildman–Crippen LogP) is 2.03. The fraction of sp³-hybridized carbons (Fsp3) is 0.600. The molecule has 1 aliphatic rings. The molecule has 1 fully saturated rings. The molecular weight excluding hydrogens is 240 g/mol. The Kier molecular flexibility index (Phi) is 5.05. The lowest BCUT2D eigenvalue weighted by molar-refractivity contribution is 0.0717. The molecule has 1 aromatic rings. The van der Waals surface area contributed by atoms with Crippen molar-refractivity contribution in [1.82, 2.24) is 0 Å². The van der Waals surface area contributed by atoms with Crippen LogP contribution in [0.5, 0.6) is 5.75 Å². The van der Waals surface area contributed by atoms with Crippen LogP contribution < -0.4 is 15.4 Å². The maximum atomic E-state index is 5.94. The van der Waals surface area contributed by atoms with Crippen LogP contribution in [0.2, 0.25) is 0 Å². The van der Waals surface area contributed by atoms with Gasteiger partial charge in [-0.05, 0) is 31.9 Å². The van der Waals surface area contributed by atoms with Crippen LogP contribution in [-0.2, 0) is 4.74 Å². The maximum Gasteiger partial charge on any atom is 0.121 e. The van der Waals surface area contributed by atoms with Crippen LogP contribution in [0.3, 0.4) is 0 Å². The average molecular weight is 264 g/mol. The van der Waals surface area contributed by atoms with E-state index in [4.69, 9.17) is 15.2 Å². The van der Waals surface area contributed by atoms with Gasteiger partial charge in [-0.2, -0.15) is 0 Å². The van der Waals surface area contributed by atoms with Crippen LogP contribution in [0.1, 0.15) is 19.8 Å². The highest BCUT2D eigenvalue weighted by molar-refractivity contribution is 5.51. The van der Waals surface area contributed by atoms with Crippen LogP contribution in [-0.4, -0.2) is 39.0 Å². The van der Waals surface area contributed by atoms with E-state index in [2.05, 4.69) is 17.0 Å². The summed E-state index contributed by atoms with van der Waals surface area (Å²) in [5.41, 5.74) is 7.15. The van der Waals surface area contributed by atoms with E-state index in [0.717, 1.165) is 31.7 Å². The number of piperidine rings is 1. The average Bonchev–Trinajstić information content (AvgIpc) is 2.46. The quantitative estimate of drug-likeness (QED) is 0.884. The first-order valence-corrected chi connectivity index (χ1v) is 6.95. The van der Waals surface area contributed by atoms with Crippen LogP contribution in [0.25, 0.3) is 0 Å². The molecule has 0 bridgehead atoms. The van der Waals surface area contributed by atoms with Crippen molar-refractivity contribution < 1.29 is 9.47 Å². The molecule has 4 heteroatoms. The zero-order chi connectivity index (χ0) is 13.7. The fourth-order valence-electron chi connectivity index (χ4n) is 2.21. The summed E-state index contributed by atoms with van der Waals surface area (Å²) in [6, 6.07) is 8.61. The minimum Gasteiger partial charge on any atom is -0.491 e. The second-order valence-corrected chi connectivity index (χ2v) is 5.18. The number of anilines is 1. The van der Waals surface area contributed by atoms with Crippen molar-refractivity contribution >= 4 is 5.69 Å². The molecule has 106 valence electrons. The number of hydrogen-bond donors (Lipinski definition) is 1. The summed E-state index contributed by atoms with van der Waals surface area (Å²) in [5.74, 6) is 0.899. The van der Waals surface area contributed by atoms with Gasteiger partial charge in [-0.1, -0.05) is 6.07 Å². The van der Waals surface area contributed by atoms with E-state index in [1.54, 1.807) is 7.11 Å². The van der Waals surface area contributed by atoms with E-state index in [9.17, 15) is 0 Å². The minimum atomic E-state index is 0.108. The number of hydrogen-bond acceptors (Lipinski definition) is 4. The van der Waals surface area contributed by atoms with Gasteiger partial charge in [-0.3, -0.25) is 0 Å². The molecule has 0 amide bonds. The van der Waals surface area contributed by atoms with Gasteiger partial charge in [0, 0.05) is 38.0 Å². The van der Waals surface area contributed by atoms with Crippen molar-refractivity contribution in [1.29, 1.82) is 0 Å². The Hall–Kier alpha value is -1.26. The molecule has 0 spiro atoms. The molecule has 1 heterocycles. The molecule has 1 saturated heterocycles. The summed E-state index contributed by atoms with van der Waals surface area (Å²) in [4.78, 5) is 2.37. The van der Waals surface area contributed by atoms with Crippen molar-refractivity contribution in [3.63, 3.8) is 0 Å². The molecule has 1 atom stereocenters. The first kappa shape index (κ1) is 14.2. The van der Waals surface area contributed by atoms with Gasteiger partial charge in [0.1, 0.15) is 12.4 Å². The molecular formula is C15H24N2O2. The van der Waals surface area contributed by atoms with Gasteiger partial charge in [-0.15, -0.1) is 0 Å². The molecule has 19 heavy (non-hydrogen) atoms. The summed E-state index contributed by atoms with van der Waals surface area (Å²) in [7, 11) is 1.70. The van der Waals surface area contributed by atoms with E-state index in [-0.39, 0.29) is 6.10 Å². The number of ether oxygens (including phenoxy) is 2. The van der Waals surface area contributed by atoms with Gasteiger partial charge in [0.25, 0.3) is 0 Å². The molecule has 4 nitrogen and oxygen atoms in total. The van der Waals surface area contributed by atoms with Gasteiger partial charge >= 0.3 is 0 Å². The molecule has 2 rings (SSSR count). The predicted molar refractivity (Wildman–Crippen MR) is 77.8 cm³/mol. The van der Waals surface area contributed by atoms with E-state index in [0.29, 0.717) is 12.6 Å². The Labute approximate surface area is 115 Å². The van der Waals surface area contributed by atoms with Crippen molar-refractivity contribution in [3.8, 4) is 5.75 Å². The second kappa shape index (κ2) is 6.78. The van der Waals surface area contributed by atoms with Crippen LogP contribution >= 0.6 is 0 Å². The molecule has 0 radical (unpaired) electrons. The van der Waals surface area contributed by atoms with Crippen molar-refractivity contribution in [2.45, 2.75) is 31.9 Å². The third-order valence-corrected chi connectivity index (χ3v) is 3.61. The summed E-state index contributed by atoms with van der Waals surface area (Å²) < 4.78 is 10.9.